The molecule has 19 heavy (non-hydrogen) atoms. The maximum absolute atomic E-state index is 11.5. The van der Waals surface area contributed by atoms with Gasteiger partial charge in [-0.25, -0.2) is 0 Å². The molecule has 2 unspecified atom stereocenters. The van der Waals surface area contributed by atoms with Crippen LogP contribution in [0.15, 0.2) is 0 Å². The summed E-state index contributed by atoms with van der Waals surface area (Å²) < 4.78 is 5.71. The molecule has 4 heteroatoms. The van der Waals surface area contributed by atoms with Crippen LogP contribution in [0.1, 0.15) is 52.9 Å². The first-order valence-corrected chi connectivity index (χ1v) is 7.68. The number of ether oxygens (including phenoxy) is 1. The Kier molecular flexibility index (Phi) is 4.85. The highest BCUT2D eigenvalue weighted by atomic mass is 16.5. The van der Waals surface area contributed by atoms with Crippen molar-refractivity contribution in [2.24, 2.45) is 5.41 Å². The van der Waals surface area contributed by atoms with E-state index in [1.54, 1.807) is 0 Å². The highest BCUT2D eigenvalue weighted by Crippen LogP contribution is 2.42. The van der Waals surface area contributed by atoms with Crippen molar-refractivity contribution in [3.63, 3.8) is 0 Å². The summed E-state index contributed by atoms with van der Waals surface area (Å²) in [5.74, 6) is 0.212. The second kappa shape index (κ2) is 6.23. The minimum Gasteiger partial charge on any atom is -0.378 e. The highest BCUT2D eigenvalue weighted by Gasteiger charge is 2.48. The minimum absolute atomic E-state index is 0.212. The molecule has 2 saturated carbocycles. The van der Waals surface area contributed by atoms with Crippen LogP contribution in [0.3, 0.4) is 0 Å². The van der Waals surface area contributed by atoms with Gasteiger partial charge in [0.1, 0.15) is 0 Å². The Morgan fingerprint density at radius 2 is 2.11 bits per heavy atom. The smallest absolute Gasteiger partial charge is 0.220 e. The van der Waals surface area contributed by atoms with E-state index in [4.69, 9.17) is 4.74 Å². The lowest BCUT2D eigenvalue weighted by Crippen LogP contribution is -2.61. The van der Waals surface area contributed by atoms with Crippen LogP contribution in [-0.2, 0) is 9.53 Å². The first kappa shape index (κ1) is 14.8. The average Bonchev–Trinajstić information content (AvgIpc) is 3.15. The molecule has 0 aromatic carbocycles. The van der Waals surface area contributed by atoms with Crippen LogP contribution in [-0.4, -0.2) is 37.2 Å². The molecule has 2 aliphatic carbocycles. The Hall–Kier alpha value is -0.610. The fourth-order valence-electron chi connectivity index (χ4n) is 2.77. The highest BCUT2D eigenvalue weighted by molar-refractivity contribution is 5.76. The van der Waals surface area contributed by atoms with Gasteiger partial charge in [0.05, 0.1) is 6.10 Å². The number of amides is 1. The Balaban J connectivity index is 1.55. The summed E-state index contributed by atoms with van der Waals surface area (Å²) in [5.41, 5.74) is 0.215. The predicted octanol–water partition coefficient (Wildman–Crippen LogP) is 1.84. The fraction of sp³-hybridized carbons (Fsp3) is 0.933. The summed E-state index contributed by atoms with van der Waals surface area (Å²) in [6.45, 7) is 8.28. The number of carbonyl (C=O) groups is 1. The van der Waals surface area contributed by atoms with E-state index in [1.807, 2.05) is 0 Å². The van der Waals surface area contributed by atoms with Gasteiger partial charge in [-0.05, 0) is 39.2 Å². The fourth-order valence-corrected chi connectivity index (χ4v) is 2.77. The molecule has 2 fully saturated rings. The van der Waals surface area contributed by atoms with Gasteiger partial charge >= 0.3 is 0 Å². The lowest BCUT2D eigenvalue weighted by atomic mass is 9.64. The Morgan fingerprint density at radius 1 is 1.37 bits per heavy atom. The van der Waals surface area contributed by atoms with Crippen LogP contribution in [0.5, 0.6) is 0 Å². The predicted molar refractivity (Wildman–Crippen MR) is 76.0 cm³/mol. The number of hydrogen-bond donors (Lipinski definition) is 2. The van der Waals surface area contributed by atoms with Crippen molar-refractivity contribution in [2.75, 3.05) is 13.2 Å². The van der Waals surface area contributed by atoms with Crippen LogP contribution in [0.25, 0.3) is 0 Å². The van der Waals surface area contributed by atoms with Crippen molar-refractivity contribution in [2.45, 2.75) is 71.1 Å². The molecule has 0 aromatic rings. The standard InChI is InChI=1S/C15H28N2O2/c1-4-19-13-10-12(15(13,2)3)16-9-5-6-14(18)17-11-7-8-11/h11-13,16H,4-10H2,1-3H3,(H,17,18). The molecule has 0 aliphatic heterocycles. The summed E-state index contributed by atoms with van der Waals surface area (Å²) >= 11 is 0. The summed E-state index contributed by atoms with van der Waals surface area (Å²) in [6.07, 6.45) is 5.37. The van der Waals surface area contributed by atoms with Gasteiger partial charge in [-0.1, -0.05) is 13.8 Å². The van der Waals surface area contributed by atoms with Crippen molar-refractivity contribution in [1.29, 1.82) is 0 Å². The van der Waals surface area contributed by atoms with Crippen LogP contribution >= 0.6 is 0 Å². The number of nitrogens with one attached hydrogen (secondary N) is 2. The molecule has 0 aromatic heterocycles. The second-order valence-electron chi connectivity index (χ2n) is 6.45. The van der Waals surface area contributed by atoms with Gasteiger partial charge in [-0.15, -0.1) is 0 Å². The number of rotatable bonds is 8. The van der Waals surface area contributed by atoms with E-state index in [1.165, 1.54) is 12.8 Å². The first-order valence-electron chi connectivity index (χ1n) is 7.68. The van der Waals surface area contributed by atoms with Gasteiger partial charge in [0.25, 0.3) is 0 Å². The molecule has 0 bridgehead atoms. The van der Waals surface area contributed by atoms with E-state index < -0.39 is 0 Å². The summed E-state index contributed by atoms with van der Waals surface area (Å²) in [7, 11) is 0. The summed E-state index contributed by atoms with van der Waals surface area (Å²) in [5, 5.41) is 6.59. The van der Waals surface area contributed by atoms with E-state index >= 15 is 0 Å². The zero-order valence-corrected chi connectivity index (χ0v) is 12.5. The van der Waals surface area contributed by atoms with Gasteiger partial charge < -0.3 is 15.4 Å². The molecule has 0 heterocycles. The Bertz CT molecular complexity index is 313. The zero-order valence-electron chi connectivity index (χ0n) is 12.5. The van der Waals surface area contributed by atoms with Crippen molar-refractivity contribution in [3.05, 3.63) is 0 Å². The largest absolute Gasteiger partial charge is 0.378 e. The van der Waals surface area contributed by atoms with Gasteiger partial charge in [0, 0.05) is 30.5 Å². The number of hydrogen-bond acceptors (Lipinski definition) is 3. The van der Waals surface area contributed by atoms with E-state index in [0.29, 0.717) is 24.6 Å². The quantitative estimate of drug-likeness (QED) is 0.660. The number of carbonyl (C=O) groups excluding carboxylic acids is 1. The van der Waals surface area contributed by atoms with E-state index in [9.17, 15) is 4.79 Å². The van der Waals surface area contributed by atoms with E-state index in [-0.39, 0.29) is 11.3 Å². The van der Waals surface area contributed by atoms with Crippen molar-refractivity contribution >= 4 is 5.91 Å². The molecule has 1 amide bonds. The monoisotopic (exact) mass is 268 g/mol. The van der Waals surface area contributed by atoms with Crippen molar-refractivity contribution < 1.29 is 9.53 Å². The molecule has 0 saturated heterocycles. The van der Waals surface area contributed by atoms with E-state index in [2.05, 4.69) is 31.4 Å². The third-order valence-electron chi connectivity index (χ3n) is 4.46. The molecule has 2 N–H and O–H groups in total. The third-order valence-corrected chi connectivity index (χ3v) is 4.46. The molecular formula is C15H28N2O2. The van der Waals surface area contributed by atoms with Crippen LogP contribution in [0.2, 0.25) is 0 Å². The van der Waals surface area contributed by atoms with Gasteiger partial charge in [-0.3, -0.25) is 4.79 Å². The second-order valence-corrected chi connectivity index (χ2v) is 6.45. The van der Waals surface area contributed by atoms with E-state index in [0.717, 1.165) is 26.0 Å². The van der Waals surface area contributed by atoms with Gasteiger partial charge in [0.2, 0.25) is 5.91 Å². The van der Waals surface area contributed by atoms with Crippen LogP contribution in [0, 0.1) is 5.41 Å². The molecule has 110 valence electrons. The van der Waals surface area contributed by atoms with Gasteiger partial charge in [0.15, 0.2) is 0 Å². The molecule has 4 nitrogen and oxygen atoms in total. The zero-order chi connectivity index (χ0) is 13.9. The lowest BCUT2D eigenvalue weighted by molar-refractivity contribution is -0.121. The maximum atomic E-state index is 11.5. The SMILES string of the molecule is CCOC1CC(NCCCC(=O)NC2CC2)C1(C)C. The minimum atomic E-state index is 0.212. The van der Waals surface area contributed by atoms with Crippen molar-refractivity contribution in [1.82, 2.24) is 10.6 Å². The summed E-state index contributed by atoms with van der Waals surface area (Å²) in [4.78, 5) is 11.5. The third kappa shape index (κ3) is 3.93. The molecule has 2 atom stereocenters. The maximum Gasteiger partial charge on any atom is 0.220 e. The van der Waals surface area contributed by atoms with Gasteiger partial charge in [-0.2, -0.15) is 0 Å². The molecular weight excluding hydrogens is 240 g/mol. The topological polar surface area (TPSA) is 50.4 Å². The first-order chi connectivity index (χ1) is 9.04. The normalized spacial score (nSPS) is 28.8. The molecule has 0 spiro atoms. The summed E-state index contributed by atoms with van der Waals surface area (Å²) in [6, 6.07) is 1.01. The Morgan fingerprint density at radius 3 is 2.68 bits per heavy atom. The lowest BCUT2D eigenvalue weighted by Gasteiger charge is -2.52. The molecule has 2 aliphatic rings. The van der Waals surface area contributed by atoms with Crippen LogP contribution < -0.4 is 10.6 Å². The molecule has 2 rings (SSSR count). The van der Waals surface area contributed by atoms with Crippen molar-refractivity contribution in [3.8, 4) is 0 Å². The average molecular weight is 268 g/mol. The molecule has 0 radical (unpaired) electrons. The Labute approximate surface area is 116 Å². The van der Waals surface area contributed by atoms with Crippen LogP contribution in [0.4, 0.5) is 0 Å².